The number of rotatable bonds is 6. The van der Waals surface area contributed by atoms with Crippen LogP contribution < -0.4 is 0 Å². The van der Waals surface area contributed by atoms with Gasteiger partial charge in [-0.3, -0.25) is 4.79 Å². The molecule has 2 aromatic rings. The van der Waals surface area contributed by atoms with Crippen LogP contribution in [0.25, 0.3) is 6.08 Å². The molecule has 128 valence electrons. The smallest absolute Gasteiger partial charge is 0.337 e. The van der Waals surface area contributed by atoms with Crippen LogP contribution in [0, 0.1) is 0 Å². The van der Waals surface area contributed by atoms with Crippen molar-refractivity contribution in [1.29, 1.82) is 0 Å². The van der Waals surface area contributed by atoms with Crippen LogP contribution in [-0.2, 0) is 14.3 Å². The molecule has 0 aliphatic carbocycles. The number of halogens is 1. The Labute approximate surface area is 153 Å². The van der Waals surface area contributed by atoms with Gasteiger partial charge in [-0.2, -0.15) is 0 Å². The van der Waals surface area contributed by atoms with Crippen molar-refractivity contribution >= 4 is 39.7 Å². The zero-order valence-electron chi connectivity index (χ0n) is 13.4. The van der Waals surface area contributed by atoms with Crippen molar-refractivity contribution in [3.63, 3.8) is 0 Å². The molecule has 0 aliphatic heterocycles. The summed E-state index contributed by atoms with van der Waals surface area (Å²) in [6.07, 6.45) is 2.76. The normalized spacial score (nSPS) is 10.5. The second-order valence-corrected chi connectivity index (χ2v) is 5.90. The molecule has 0 amide bonds. The van der Waals surface area contributed by atoms with Gasteiger partial charge in [-0.15, -0.1) is 0 Å². The molecule has 0 spiro atoms. The minimum Gasteiger partial charge on any atom is -0.465 e. The molecule has 0 aliphatic rings. The number of benzene rings is 2. The fourth-order valence-corrected chi connectivity index (χ4v) is 2.34. The molecule has 0 aromatic heterocycles. The predicted octanol–water partition coefficient (Wildman–Crippen LogP) is 3.68. The van der Waals surface area contributed by atoms with Crippen LogP contribution in [0.5, 0.6) is 0 Å². The Hall–Kier alpha value is -2.73. The molecule has 2 rings (SSSR count). The van der Waals surface area contributed by atoms with E-state index in [1.165, 1.54) is 19.3 Å². The summed E-state index contributed by atoms with van der Waals surface area (Å²) in [5, 5.41) is 0. The number of carbonyl (C=O) groups excluding carboxylic acids is 3. The third-order valence-electron chi connectivity index (χ3n) is 3.24. The van der Waals surface area contributed by atoms with Crippen LogP contribution in [0.15, 0.2) is 59.1 Å². The van der Waals surface area contributed by atoms with Crippen molar-refractivity contribution < 1.29 is 23.9 Å². The van der Waals surface area contributed by atoms with Crippen molar-refractivity contribution in [2.24, 2.45) is 0 Å². The second kappa shape index (κ2) is 8.94. The van der Waals surface area contributed by atoms with Gasteiger partial charge in [0.05, 0.1) is 12.7 Å². The minimum absolute atomic E-state index is 0.287. The molecule has 0 bridgehead atoms. The summed E-state index contributed by atoms with van der Waals surface area (Å²) in [5.74, 6) is -1.34. The highest BCUT2D eigenvalue weighted by Crippen LogP contribution is 2.12. The molecule has 2 aromatic carbocycles. The number of ether oxygens (including phenoxy) is 2. The SMILES string of the molecule is COC(=O)c1ccc(/C=C/C(=O)OCC(=O)c2cccc(Br)c2)cc1. The first-order valence-corrected chi connectivity index (χ1v) is 8.11. The molecular weight excluding hydrogens is 388 g/mol. The van der Waals surface area contributed by atoms with Gasteiger partial charge in [-0.25, -0.2) is 9.59 Å². The monoisotopic (exact) mass is 402 g/mol. The zero-order valence-corrected chi connectivity index (χ0v) is 15.0. The van der Waals surface area contributed by atoms with Gasteiger partial charge in [0.25, 0.3) is 0 Å². The lowest BCUT2D eigenvalue weighted by Crippen LogP contribution is -2.12. The molecule has 0 fully saturated rings. The van der Waals surface area contributed by atoms with Gasteiger partial charge in [0.1, 0.15) is 0 Å². The van der Waals surface area contributed by atoms with E-state index in [0.717, 1.165) is 4.47 Å². The summed E-state index contributed by atoms with van der Waals surface area (Å²) >= 11 is 3.28. The lowest BCUT2D eigenvalue weighted by molar-refractivity contribution is -0.136. The van der Waals surface area contributed by atoms with Crippen LogP contribution in [0.4, 0.5) is 0 Å². The highest BCUT2D eigenvalue weighted by atomic mass is 79.9. The lowest BCUT2D eigenvalue weighted by Gasteiger charge is -2.02. The van der Waals surface area contributed by atoms with Gasteiger partial charge in [0, 0.05) is 16.1 Å². The molecule has 0 N–H and O–H groups in total. The first-order valence-electron chi connectivity index (χ1n) is 7.31. The first-order chi connectivity index (χ1) is 12.0. The summed E-state index contributed by atoms with van der Waals surface area (Å²) in [4.78, 5) is 35.0. The zero-order chi connectivity index (χ0) is 18.2. The molecule has 6 heteroatoms. The standard InChI is InChI=1S/C19H15BrO5/c1-24-19(23)14-8-5-13(6-9-14)7-10-18(22)25-12-17(21)15-3-2-4-16(20)11-15/h2-11H,12H2,1H3/b10-7+. The van der Waals surface area contributed by atoms with Crippen LogP contribution in [0.2, 0.25) is 0 Å². The highest BCUT2D eigenvalue weighted by Gasteiger charge is 2.09. The second-order valence-electron chi connectivity index (χ2n) is 4.99. The van der Waals surface area contributed by atoms with Crippen LogP contribution in [-0.4, -0.2) is 31.4 Å². The minimum atomic E-state index is -0.625. The Morgan fingerprint density at radius 1 is 1.04 bits per heavy atom. The highest BCUT2D eigenvalue weighted by molar-refractivity contribution is 9.10. The van der Waals surface area contributed by atoms with E-state index >= 15 is 0 Å². The molecule has 0 atom stereocenters. The third kappa shape index (κ3) is 5.69. The number of esters is 2. The van der Waals surface area contributed by atoms with Crippen molar-refractivity contribution in [3.8, 4) is 0 Å². The van der Waals surface area contributed by atoms with E-state index in [1.807, 2.05) is 0 Å². The van der Waals surface area contributed by atoms with Crippen LogP contribution in [0.1, 0.15) is 26.3 Å². The maximum absolute atomic E-state index is 11.9. The predicted molar refractivity (Wildman–Crippen MR) is 96.2 cm³/mol. The number of Topliss-reactive ketones (excluding diaryl/α,β-unsaturated/α-hetero) is 1. The number of carbonyl (C=O) groups is 3. The summed E-state index contributed by atoms with van der Waals surface area (Å²) in [7, 11) is 1.31. The number of hydrogen-bond donors (Lipinski definition) is 0. The molecule has 25 heavy (non-hydrogen) atoms. The van der Waals surface area contributed by atoms with E-state index in [0.29, 0.717) is 16.7 Å². The fraction of sp³-hybridized carbons (Fsp3) is 0.105. The Morgan fingerprint density at radius 3 is 2.40 bits per heavy atom. The fourth-order valence-electron chi connectivity index (χ4n) is 1.94. The maximum atomic E-state index is 11.9. The van der Waals surface area contributed by atoms with Gasteiger partial charge in [-0.05, 0) is 35.9 Å². The summed E-state index contributed by atoms with van der Waals surface area (Å²) in [6, 6.07) is 13.4. The third-order valence-corrected chi connectivity index (χ3v) is 3.73. The lowest BCUT2D eigenvalue weighted by atomic mass is 10.1. The van der Waals surface area contributed by atoms with Gasteiger partial charge in [0.15, 0.2) is 12.4 Å². The number of methoxy groups -OCH3 is 1. The molecule has 0 saturated carbocycles. The Balaban J connectivity index is 1.88. The quantitative estimate of drug-likeness (QED) is 0.418. The number of ketones is 1. The summed E-state index contributed by atoms with van der Waals surface area (Å²) in [5.41, 5.74) is 1.59. The summed E-state index contributed by atoms with van der Waals surface area (Å²) in [6.45, 7) is -0.332. The van der Waals surface area contributed by atoms with E-state index < -0.39 is 11.9 Å². The van der Waals surface area contributed by atoms with Gasteiger partial charge >= 0.3 is 11.9 Å². The van der Waals surface area contributed by atoms with Crippen molar-refractivity contribution in [3.05, 3.63) is 75.8 Å². The Morgan fingerprint density at radius 2 is 1.76 bits per heavy atom. The summed E-state index contributed by atoms with van der Waals surface area (Å²) < 4.78 is 10.3. The van der Waals surface area contributed by atoms with E-state index in [2.05, 4.69) is 20.7 Å². The van der Waals surface area contributed by atoms with Gasteiger partial charge in [-0.1, -0.05) is 40.2 Å². The molecule has 0 heterocycles. The Kier molecular flexibility index (Phi) is 6.65. The van der Waals surface area contributed by atoms with E-state index in [4.69, 9.17) is 4.74 Å². The number of hydrogen-bond acceptors (Lipinski definition) is 5. The van der Waals surface area contributed by atoms with Crippen LogP contribution >= 0.6 is 15.9 Å². The van der Waals surface area contributed by atoms with Crippen LogP contribution in [0.3, 0.4) is 0 Å². The molecular formula is C19H15BrO5. The van der Waals surface area contributed by atoms with E-state index in [1.54, 1.807) is 48.5 Å². The van der Waals surface area contributed by atoms with Crippen molar-refractivity contribution in [2.75, 3.05) is 13.7 Å². The average Bonchev–Trinajstić information content (AvgIpc) is 2.64. The largest absolute Gasteiger partial charge is 0.465 e. The first kappa shape index (κ1) is 18.6. The van der Waals surface area contributed by atoms with Gasteiger partial charge in [0.2, 0.25) is 0 Å². The average molecular weight is 403 g/mol. The Bertz CT molecular complexity index is 809. The molecule has 5 nitrogen and oxygen atoms in total. The van der Waals surface area contributed by atoms with Gasteiger partial charge < -0.3 is 9.47 Å². The maximum Gasteiger partial charge on any atom is 0.337 e. The topological polar surface area (TPSA) is 69.7 Å². The van der Waals surface area contributed by atoms with E-state index in [-0.39, 0.29) is 12.4 Å². The molecule has 0 unspecified atom stereocenters. The molecule has 0 saturated heterocycles. The van der Waals surface area contributed by atoms with Crippen molar-refractivity contribution in [1.82, 2.24) is 0 Å². The van der Waals surface area contributed by atoms with Crippen molar-refractivity contribution in [2.45, 2.75) is 0 Å². The van der Waals surface area contributed by atoms with E-state index in [9.17, 15) is 14.4 Å². The molecule has 0 radical (unpaired) electrons.